The molecule has 50 heavy (non-hydrogen) atoms. The zero-order valence-electron chi connectivity index (χ0n) is 28.7. The highest BCUT2D eigenvalue weighted by Gasteiger charge is 2.74. The molecule has 6 aliphatic carbocycles. The number of carbonyl (C=O) groups is 1. The van der Waals surface area contributed by atoms with Gasteiger partial charge in [0.05, 0.1) is 11.7 Å². The van der Waals surface area contributed by atoms with E-state index >= 15 is 4.79 Å². The molecule has 6 aliphatic rings. The Balaban J connectivity index is 1.11. The molecule has 2 heterocycles. The second-order valence-corrected chi connectivity index (χ2v) is 17.0. The van der Waals surface area contributed by atoms with E-state index < -0.39 is 16.4 Å². The van der Waals surface area contributed by atoms with Crippen molar-refractivity contribution in [1.82, 2.24) is 20.2 Å². The number of aliphatic hydroxyl groups excluding tert-OH is 1. The first-order chi connectivity index (χ1) is 24.1. The summed E-state index contributed by atoms with van der Waals surface area (Å²) in [5.74, 6) is 1.57. The first-order valence-corrected chi connectivity index (χ1v) is 19.1. The topological polar surface area (TPSA) is 112 Å². The van der Waals surface area contributed by atoms with E-state index in [9.17, 15) is 10.2 Å². The van der Waals surface area contributed by atoms with E-state index in [0.717, 1.165) is 59.9 Å². The molecule has 3 N–H and O–H groups in total. The number of ketones is 1. The standard InChI is InChI=1S/C42H44N4O3S/c1-38-17-12-29(47)24-40(38)20-21-42(32(25-40)35(48)31-11-7-6-10-30(31)27-8-4-3-5-9-27)33(38)13-18-39(2)34(42)14-19-41(39,49)26-50-37-44-36(45-46-37)28-15-22-43-23-16-28/h3-11,15-16,20-23,25,29,33-34,47,49H,12-14,17-19,24,26H2,1-2H3,(H,44,45,46)/t29?,33-,34-,38-,39+,40+,41-,42-/m1/s1. The molecule has 256 valence electrons. The second-order valence-electron chi connectivity index (χ2n) is 16.0. The largest absolute Gasteiger partial charge is 0.393 e. The Morgan fingerprint density at radius 2 is 1.60 bits per heavy atom. The fraction of sp³-hybridized carbons (Fsp3) is 0.429. The Morgan fingerprint density at radius 3 is 2.42 bits per heavy atom. The number of nitrogens with zero attached hydrogens (tertiary/aromatic N) is 3. The van der Waals surface area contributed by atoms with Crippen LogP contribution < -0.4 is 0 Å². The molecule has 0 amide bonds. The highest BCUT2D eigenvalue weighted by molar-refractivity contribution is 7.99. The van der Waals surface area contributed by atoms with E-state index in [2.05, 4.69) is 65.5 Å². The van der Waals surface area contributed by atoms with Gasteiger partial charge in [-0.1, -0.05) is 98.4 Å². The highest BCUT2D eigenvalue weighted by Crippen LogP contribution is 2.78. The molecule has 0 saturated heterocycles. The van der Waals surface area contributed by atoms with E-state index in [1.807, 2.05) is 48.5 Å². The molecule has 8 atom stereocenters. The lowest BCUT2D eigenvalue weighted by molar-refractivity contribution is -0.166. The predicted molar refractivity (Wildman–Crippen MR) is 195 cm³/mol. The monoisotopic (exact) mass is 684 g/mol. The molecule has 4 aromatic rings. The van der Waals surface area contributed by atoms with Crippen molar-refractivity contribution >= 4 is 17.5 Å². The van der Waals surface area contributed by atoms with Gasteiger partial charge < -0.3 is 10.2 Å². The molecular formula is C42H44N4O3S. The number of fused-ring (bicyclic) bond motifs is 1. The summed E-state index contributed by atoms with van der Waals surface area (Å²) in [7, 11) is 0. The van der Waals surface area contributed by atoms with Crippen LogP contribution >= 0.6 is 11.8 Å². The van der Waals surface area contributed by atoms with Gasteiger partial charge in [0.25, 0.3) is 0 Å². The third-order valence-corrected chi connectivity index (χ3v) is 15.1. The van der Waals surface area contributed by atoms with E-state index in [-0.39, 0.29) is 34.6 Å². The summed E-state index contributed by atoms with van der Waals surface area (Å²) >= 11 is 1.51. The third-order valence-electron chi connectivity index (χ3n) is 14.1. The van der Waals surface area contributed by atoms with Crippen molar-refractivity contribution in [3.05, 3.63) is 108 Å². The van der Waals surface area contributed by atoms with Crippen LogP contribution in [0.4, 0.5) is 0 Å². The SMILES string of the molecule is C[C@]12CC[C@H]3[C@]4(C=C[C@@]5(C=C4C(=O)c4ccccc4-c4ccccc4)CC(O)CC[C@]35C)[C@@H]1CC[C@@]2(O)CSc1n[nH]c(-c2ccncc2)n1. The van der Waals surface area contributed by atoms with E-state index in [0.29, 0.717) is 29.6 Å². The molecule has 2 aromatic carbocycles. The van der Waals surface area contributed by atoms with Crippen molar-refractivity contribution in [2.45, 2.75) is 75.7 Å². The Bertz CT molecular complexity index is 2030. The molecule has 0 radical (unpaired) electrons. The molecule has 7 nitrogen and oxygen atoms in total. The maximum atomic E-state index is 15.3. The molecule has 3 fully saturated rings. The average Bonchev–Trinajstić information content (AvgIpc) is 3.73. The van der Waals surface area contributed by atoms with Crippen molar-refractivity contribution in [2.24, 2.45) is 33.5 Å². The fourth-order valence-electron chi connectivity index (χ4n) is 11.4. The van der Waals surface area contributed by atoms with Gasteiger partial charge in [-0.25, -0.2) is 4.98 Å². The number of H-pyrrole nitrogens is 1. The molecular weight excluding hydrogens is 641 g/mol. The number of pyridine rings is 1. The van der Waals surface area contributed by atoms with Gasteiger partial charge in [-0.2, -0.15) is 0 Å². The second kappa shape index (κ2) is 11.3. The predicted octanol–water partition coefficient (Wildman–Crippen LogP) is 8.10. The lowest BCUT2D eigenvalue weighted by Crippen LogP contribution is -2.67. The summed E-state index contributed by atoms with van der Waals surface area (Å²) in [6, 6.07) is 22.0. The van der Waals surface area contributed by atoms with Gasteiger partial charge in [0, 0.05) is 51.1 Å². The number of aromatic nitrogens is 4. The Kier molecular flexibility index (Phi) is 7.27. The smallest absolute Gasteiger partial charge is 0.208 e. The summed E-state index contributed by atoms with van der Waals surface area (Å²) in [6.45, 7) is 4.72. The van der Waals surface area contributed by atoms with Gasteiger partial charge in [0.15, 0.2) is 11.6 Å². The van der Waals surface area contributed by atoms with Crippen LogP contribution in [-0.2, 0) is 0 Å². The number of hydrogen-bond acceptors (Lipinski definition) is 7. The number of carbonyl (C=O) groups excluding carboxylic acids is 1. The zero-order chi connectivity index (χ0) is 34.4. The van der Waals surface area contributed by atoms with Crippen molar-refractivity contribution in [3.8, 4) is 22.5 Å². The van der Waals surface area contributed by atoms with Crippen LogP contribution in [-0.4, -0.2) is 53.6 Å². The number of hydrogen-bond donors (Lipinski definition) is 3. The van der Waals surface area contributed by atoms with Crippen LogP contribution in [0.15, 0.2) is 108 Å². The maximum absolute atomic E-state index is 15.3. The molecule has 2 spiro atoms. The minimum atomic E-state index is -0.959. The summed E-state index contributed by atoms with van der Waals surface area (Å²) in [5.41, 5.74) is 2.13. The summed E-state index contributed by atoms with van der Waals surface area (Å²) in [5, 5.41) is 32.0. The van der Waals surface area contributed by atoms with Gasteiger partial charge in [0.1, 0.15) is 0 Å². The molecule has 2 aromatic heterocycles. The van der Waals surface area contributed by atoms with Gasteiger partial charge in [-0.15, -0.1) is 5.10 Å². The van der Waals surface area contributed by atoms with Crippen molar-refractivity contribution < 1.29 is 15.0 Å². The molecule has 8 heteroatoms. The number of aromatic amines is 1. The Morgan fingerprint density at radius 1 is 0.880 bits per heavy atom. The Labute approximate surface area is 297 Å². The van der Waals surface area contributed by atoms with E-state index in [1.165, 1.54) is 11.8 Å². The maximum Gasteiger partial charge on any atom is 0.208 e. The van der Waals surface area contributed by atoms with Crippen LogP contribution in [0.1, 0.15) is 69.2 Å². The van der Waals surface area contributed by atoms with Crippen molar-refractivity contribution in [2.75, 3.05) is 5.75 Å². The average molecular weight is 685 g/mol. The van der Waals surface area contributed by atoms with Gasteiger partial charge in [-0.05, 0) is 85.5 Å². The van der Waals surface area contributed by atoms with E-state index in [1.54, 1.807) is 12.4 Å². The van der Waals surface area contributed by atoms with Crippen LogP contribution in [0.2, 0.25) is 0 Å². The minimum absolute atomic E-state index is 0.0798. The third kappa shape index (κ3) is 4.37. The summed E-state index contributed by atoms with van der Waals surface area (Å²) < 4.78 is 0. The number of aliphatic hydroxyl groups is 2. The van der Waals surface area contributed by atoms with Crippen LogP contribution in [0.3, 0.4) is 0 Å². The molecule has 2 bridgehead atoms. The highest BCUT2D eigenvalue weighted by atomic mass is 32.2. The fourth-order valence-corrected chi connectivity index (χ4v) is 12.5. The normalized spacial score (nSPS) is 36.7. The number of benzene rings is 2. The number of thioether (sulfide) groups is 1. The van der Waals surface area contributed by atoms with Gasteiger partial charge in [0.2, 0.25) is 5.16 Å². The summed E-state index contributed by atoms with van der Waals surface area (Å²) in [6.07, 6.45) is 15.8. The first kappa shape index (κ1) is 32.1. The van der Waals surface area contributed by atoms with Gasteiger partial charge >= 0.3 is 0 Å². The van der Waals surface area contributed by atoms with E-state index in [4.69, 9.17) is 4.98 Å². The molecule has 3 saturated carbocycles. The lowest BCUT2D eigenvalue weighted by atomic mass is 9.32. The number of nitrogens with one attached hydrogen (secondary N) is 1. The molecule has 10 rings (SSSR count). The first-order valence-electron chi connectivity index (χ1n) is 18.1. The van der Waals surface area contributed by atoms with Crippen molar-refractivity contribution in [3.63, 3.8) is 0 Å². The van der Waals surface area contributed by atoms with Crippen LogP contribution in [0.5, 0.6) is 0 Å². The van der Waals surface area contributed by atoms with Crippen LogP contribution in [0, 0.1) is 33.5 Å². The Hall–Kier alpha value is -3.85. The quantitative estimate of drug-likeness (QED) is 0.102. The van der Waals surface area contributed by atoms with Crippen molar-refractivity contribution in [1.29, 1.82) is 0 Å². The number of Topliss-reactive ketones (excluding diaryl/α,β-unsaturated/α-hetero) is 1. The number of rotatable bonds is 7. The number of allylic oxidation sites excluding steroid dienone is 4. The minimum Gasteiger partial charge on any atom is -0.393 e. The van der Waals surface area contributed by atoms with Gasteiger partial charge in [-0.3, -0.25) is 14.9 Å². The lowest BCUT2D eigenvalue weighted by Gasteiger charge is -2.71. The molecule has 1 unspecified atom stereocenters. The van der Waals surface area contributed by atoms with Crippen LogP contribution in [0.25, 0.3) is 22.5 Å². The molecule has 0 aliphatic heterocycles. The summed E-state index contributed by atoms with van der Waals surface area (Å²) in [4.78, 5) is 24.2. The zero-order valence-corrected chi connectivity index (χ0v) is 29.5.